The van der Waals surface area contributed by atoms with E-state index in [1.54, 1.807) is 0 Å². The number of nitrogens with one attached hydrogen (secondary N) is 1. The molecule has 0 atom stereocenters. The molecule has 5 N–H and O–H groups in total. The van der Waals surface area contributed by atoms with Crippen molar-refractivity contribution < 1.29 is 14.4 Å². The molecule has 0 aliphatic carbocycles. The van der Waals surface area contributed by atoms with Crippen LogP contribution < -0.4 is 16.8 Å². The van der Waals surface area contributed by atoms with E-state index in [9.17, 15) is 14.4 Å². The summed E-state index contributed by atoms with van der Waals surface area (Å²) in [5, 5.41) is 2.23. The van der Waals surface area contributed by atoms with Crippen molar-refractivity contribution in [1.82, 2.24) is 5.32 Å². The SMILES string of the molecule is CCCCCCCCC(=O)NC(C(N)=O)C(N)=O. The number of amides is 3. The van der Waals surface area contributed by atoms with E-state index in [1.165, 1.54) is 19.3 Å². The molecule has 0 rings (SSSR count). The van der Waals surface area contributed by atoms with Crippen LogP contribution in [-0.4, -0.2) is 23.8 Å². The fourth-order valence-electron chi connectivity index (χ4n) is 1.58. The van der Waals surface area contributed by atoms with Crippen molar-refractivity contribution in [2.45, 2.75) is 57.9 Å². The van der Waals surface area contributed by atoms with Crippen molar-refractivity contribution in [2.75, 3.05) is 0 Å². The zero-order valence-corrected chi connectivity index (χ0v) is 10.9. The fraction of sp³-hybridized carbons (Fsp3) is 0.750. The topological polar surface area (TPSA) is 115 Å². The average molecular weight is 257 g/mol. The van der Waals surface area contributed by atoms with E-state index in [0.29, 0.717) is 0 Å². The Morgan fingerprint density at radius 1 is 0.944 bits per heavy atom. The van der Waals surface area contributed by atoms with Crippen LogP contribution in [0.2, 0.25) is 0 Å². The summed E-state index contributed by atoms with van der Waals surface area (Å²) in [5.74, 6) is -2.23. The van der Waals surface area contributed by atoms with Crippen molar-refractivity contribution in [2.24, 2.45) is 11.5 Å². The van der Waals surface area contributed by atoms with Crippen LogP contribution >= 0.6 is 0 Å². The summed E-state index contributed by atoms with van der Waals surface area (Å²) >= 11 is 0. The summed E-state index contributed by atoms with van der Waals surface area (Å²) in [6.07, 6.45) is 6.63. The molecule has 0 aromatic rings. The average Bonchev–Trinajstić information content (AvgIpc) is 2.29. The molecule has 0 aliphatic heterocycles. The van der Waals surface area contributed by atoms with Crippen molar-refractivity contribution in [1.29, 1.82) is 0 Å². The second kappa shape index (κ2) is 9.44. The van der Waals surface area contributed by atoms with Crippen LogP contribution in [0.3, 0.4) is 0 Å². The zero-order chi connectivity index (χ0) is 14.0. The summed E-state index contributed by atoms with van der Waals surface area (Å²) in [6, 6.07) is -1.41. The monoisotopic (exact) mass is 257 g/mol. The first-order valence-electron chi connectivity index (χ1n) is 6.37. The first-order valence-corrected chi connectivity index (χ1v) is 6.37. The van der Waals surface area contributed by atoms with Crippen molar-refractivity contribution >= 4 is 17.7 Å². The van der Waals surface area contributed by atoms with Gasteiger partial charge in [-0.2, -0.15) is 0 Å². The lowest BCUT2D eigenvalue weighted by molar-refractivity contribution is -0.134. The van der Waals surface area contributed by atoms with Crippen LogP contribution in [0.25, 0.3) is 0 Å². The Bertz CT molecular complexity index is 278. The Morgan fingerprint density at radius 2 is 1.44 bits per heavy atom. The third-order valence-corrected chi connectivity index (χ3v) is 2.63. The van der Waals surface area contributed by atoms with Gasteiger partial charge in [0.2, 0.25) is 17.7 Å². The minimum atomic E-state index is -1.41. The van der Waals surface area contributed by atoms with E-state index in [4.69, 9.17) is 11.5 Å². The first-order chi connectivity index (χ1) is 8.49. The molecule has 0 radical (unpaired) electrons. The molecule has 0 aromatic carbocycles. The zero-order valence-electron chi connectivity index (χ0n) is 10.9. The maximum absolute atomic E-state index is 11.4. The molecule has 0 spiro atoms. The second-order valence-corrected chi connectivity index (χ2v) is 4.32. The molecule has 0 aliphatic rings. The van der Waals surface area contributed by atoms with Gasteiger partial charge in [0, 0.05) is 6.42 Å². The Labute approximate surface area is 107 Å². The summed E-state index contributed by atoms with van der Waals surface area (Å²) in [6.45, 7) is 2.14. The summed E-state index contributed by atoms with van der Waals surface area (Å²) < 4.78 is 0. The molecular formula is C12H23N3O3. The Kier molecular flexibility index (Phi) is 8.61. The highest BCUT2D eigenvalue weighted by molar-refractivity contribution is 6.05. The van der Waals surface area contributed by atoms with E-state index in [1.807, 2.05) is 0 Å². The number of hydrogen-bond acceptors (Lipinski definition) is 3. The molecule has 0 fully saturated rings. The lowest BCUT2D eigenvalue weighted by Crippen LogP contribution is -2.52. The summed E-state index contributed by atoms with van der Waals surface area (Å²) in [5.41, 5.74) is 9.88. The molecule has 18 heavy (non-hydrogen) atoms. The smallest absolute Gasteiger partial charge is 0.249 e. The molecule has 0 bridgehead atoms. The first kappa shape index (κ1) is 16.4. The van der Waals surface area contributed by atoms with Crippen LogP contribution in [0.15, 0.2) is 0 Å². The summed E-state index contributed by atoms with van der Waals surface area (Å²) in [4.78, 5) is 33.1. The van der Waals surface area contributed by atoms with Gasteiger partial charge in [-0.3, -0.25) is 14.4 Å². The molecule has 0 aromatic heterocycles. The van der Waals surface area contributed by atoms with Gasteiger partial charge in [0.05, 0.1) is 0 Å². The molecule has 0 saturated heterocycles. The van der Waals surface area contributed by atoms with Crippen molar-refractivity contribution in [3.63, 3.8) is 0 Å². The second-order valence-electron chi connectivity index (χ2n) is 4.32. The standard InChI is InChI=1S/C12H23N3O3/c1-2-3-4-5-6-7-8-9(16)15-10(11(13)17)12(14)18/h10H,2-8H2,1H3,(H2,13,17)(H2,14,18)(H,15,16). The molecule has 0 heterocycles. The predicted molar refractivity (Wildman–Crippen MR) is 68.3 cm³/mol. The van der Waals surface area contributed by atoms with Gasteiger partial charge in [0.1, 0.15) is 0 Å². The van der Waals surface area contributed by atoms with Gasteiger partial charge in [0.25, 0.3) is 0 Å². The molecule has 6 nitrogen and oxygen atoms in total. The highest BCUT2D eigenvalue weighted by atomic mass is 16.2. The van der Waals surface area contributed by atoms with Crippen LogP contribution in [0.4, 0.5) is 0 Å². The normalized spacial score (nSPS) is 10.3. The number of unbranched alkanes of at least 4 members (excludes halogenated alkanes) is 5. The molecule has 3 amide bonds. The largest absolute Gasteiger partial charge is 0.367 e. The molecule has 0 unspecified atom stereocenters. The maximum Gasteiger partial charge on any atom is 0.249 e. The van der Waals surface area contributed by atoms with E-state index in [-0.39, 0.29) is 12.3 Å². The van der Waals surface area contributed by atoms with Gasteiger partial charge < -0.3 is 16.8 Å². The van der Waals surface area contributed by atoms with Crippen molar-refractivity contribution in [3.05, 3.63) is 0 Å². The van der Waals surface area contributed by atoms with Gasteiger partial charge in [-0.05, 0) is 6.42 Å². The van der Waals surface area contributed by atoms with Crippen LogP contribution in [0.1, 0.15) is 51.9 Å². The fourth-order valence-corrected chi connectivity index (χ4v) is 1.58. The molecule has 6 heteroatoms. The minimum Gasteiger partial charge on any atom is -0.367 e. The minimum absolute atomic E-state index is 0.281. The molecule has 0 saturated carbocycles. The predicted octanol–water partition coefficient (Wildman–Crippen LogP) is 0.192. The maximum atomic E-state index is 11.4. The Hall–Kier alpha value is -1.59. The van der Waals surface area contributed by atoms with Crippen LogP contribution in [0.5, 0.6) is 0 Å². The molecule has 104 valence electrons. The lowest BCUT2D eigenvalue weighted by Gasteiger charge is -2.11. The van der Waals surface area contributed by atoms with Gasteiger partial charge in [-0.25, -0.2) is 0 Å². The number of carbonyl (C=O) groups is 3. The van der Waals surface area contributed by atoms with E-state index >= 15 is 0 Å². The van der Waals surface area contributed by atoms with E-state index in [0.717, 1.165) is 19.3 Å². The third-order valence-electron chi connectivity index (χ3n) is 2.63. The third kappa shape index (κ3) is 7.65. The van der Waals surface area contributed by atoms with Gasteiger partial charge in [-0.1, -0.05) is 39.0 Å². The van der Waals surface area contributed by atoms with E-state index < -0.39 is 17.9 Å². The number of nitrogens with two attached hydrogens (primary N) is 2. The van der Waals surface area contributed by atoms with Gasteiger partial charge >= 0.3 is 0 Å². The number of hydrogen-bond donors (Lipinski definition) is 3. The molecular weight excluding hydrogens is 234 g/mol. The highest BCUT2D eigenvalue weighted by Crippen LogP contribution is 2.06. The Morgan fingerprint density at radius 3 is 1.94 bits per heavy atom. The number of rotatable bonds is 10. The van der Waals surface area contributed by atoms with Gasteiger partial charge in [0.15, 0.2) is 6.04 Å². The summed E-state index contributed by atoms with van der Waals surface area (Å²) in [7, 11) is 0. The van der Waals surface area contributed by atoms with Crippen LogP contribution in [0, 0.1) is 0 Å². The highest BCUT2D eigenvalue weighted by Gasteiger charge is 2.23. The lowest BCUT2D eigenvalue weighted by atomic mass is 10.1. The van der Waals surface area contributed by atoms with Gasteiger partial charge in [-0.15, -0.1) is 0 Å². The van der Waals surface area contributed by atoms with Crippen LogP contribution in [-0.2, 0) is 14.4 Å². The number of primary amides is 2. The Balaban J connectivity index is 3.76. The van der Waals surface area contributed by atoms with Crippen molar-refractivity contribution in [3.8, 4) is 0 Å². The number of carbonyl (C=O) groups excluding carboxylic acids is 3. The van der Waals surface area contributed by atoms with E-state index in [2.05, 4.69) is 12.2 Å². The quantitative estimate of drug-likeness (QED) is 0.383.